The minimum absolute atomic E-state index is 0.0851. The molecule has 0 saturated heterocycles. The summed E-state index contributed by atoms with van der Waals surface area (Å²) in [6, 6.07) is 0. The number of rotatable bonds is 2. The van der Waals surface area contributed by atoms with E-state index in [9.17, 15) is 5.11 Å². The summed E-state index contributed by atoms with van der Waals surface area (Å²) in [4.78, 5) is 11.0. The van der Waals surface area contributed by atoms with Gasteiger partial charge in [-0.2, -0.15) is 0 Å². The molecular weight excluding hydrogens is 210 g/mol. The molecule has 3 heterocycles. The largest absolute Gasteiger partial charge is 0.384 e. The fourth-order valence-corrected chi connectivity index (χ4v) is 1.58. The molecule has 1 unspecified atom stereocenters. The smallest absolute Gasteiger partial charge is 0.189 e. The molecule has 82 valence electrons. The molecular formula is C8H9N7O. The van der Waals surface area contributed by atoms with Crippen molar-refractivity contribution in [3.05, 3.63) is 18.5 Å². The Morgan fingerprint density at radius 1 is 1.44 bits per heavy atom. The molecule has 8 heteroatoms. The van der Waals surface area contributed by atoms with Crippen LogP contribution in [0.2, 0.25) is 0 Å². The third-order valence-electron chi connectivity index (χ3n) is 2.38. The zero-order chi connectivity index (χ0) is 11.1. The van der Waals surface area contributed by atoms with Crippen molar-refractivity contribution in [3.8, 4) is 0 Å². The van der Waals surface area contributed by atoms with Crippen LogP contribution in [0.3, 0.4) is 0 Å². The Kier molecular flexibility index (Phi) is 1.85. The number of H-pyrrole nitrogens is 1. The van der Waals surface area contributed by atoms with Gasteiger partial charge in [0.1, 0.15) is 17.9 Å². The van der Waals surface area contributed by atoms with Crippen molar-refractivity contribution >= 4 is 16.8 Å². The summed E-state index contributed by atoms with van der Waals surface area (Å²) in [6.45, 7) is 0.0851. The molecule has 0 aliphatic carbocycles. The van der Waals surface area contributed by atoms with Crippen LogP contribution in [0.25, 0.3) is 16.8 Å². The van der Waals surface area contributed by atoms with E-state index in [1.807, 2.05) is 0 Å². The van der Waals surface area contributed by atoms with Gasteiger partial charge in [0, 0.05) is 6.54 Å². The second-order valence-electron chi connectivity index (χ2n) is 3.35. The summed E-state index contributed by atoms with van der Waals surface area (Å²) >= 11 is 0. The first-order valence-corrected chi connectivity index (χ1v) is 4.72. The number of aromatic amines is 1. The highest BCUT2D eigenvalue weighted by Gasteiger charge is 2.16. The highest BCUT2D eigenvalue weighted by molar-refractivity contribution is 5.84. The van der Waals surface area contributed by atoms with Crippen molar-refractivity contribution in [2.24, 2.45) is 5.73 Å². The maximum atomic E-state index is 9.64. The molecule has 3 aromatic heterocycles. The van der Waals surface area contributed by atoms with Crippen molar-refractivity contribution in [1.29, 1.82) is 0 Å². The molecule has 4 N–H and O–H groups in total. The lowest BCUT2D eigenvalue weighted by Gasteiger charge is -2.04. The number of aromatic nitrogens is 6. The minimum Gasteiger partial charge on any atom is -0.384 e. The third-order valence-corrected chi connectivity index (χ3v) is 2.38. The molecule has 0 aliphatic rings. The minimum atomic E-state index is -0.850. The highest BCUT2D eigenvalue weighted by Crippen LogP contribution is 2.16. The summed E-state index contributed by atoms with van der Waals surface area (Å²) in [7, 11) is 0. The summed E-state index contributed by atoms with van der Waals surface area (Å²) in [5, 5.41) is 17.5. The molecule has 0 saturated carbocycles. The van der Waals surface area contributed by atoms with Crippen molar-refractivity contribution < 1.29 is 5.11 Å². The Morgan fingerprint density at radius 2 is 2.31 bits per heavy atom. The quantitative estimate of drug-likeness (QED) is 0.508. The number of aliphatic hydroxyl groups excluding tert-OH is 1. The summed E-state index contributed by atoms with van der Waals surface area (Å²) < 4.78 is 1.60. The molecule has 0 spiro atoms. The third kappa shape index (κ3) is 1.11. The van der Waals surface area contributed by atoms with Crippen LogP contribution in [-0.2, 0) is 0 Å². The monoisotopic (exact) mass is 219 g/mol. The Bertz CT molecular complexity index is 642. The highest BCUT2D eigenvalue weighted by atomic mass is 16.3. The van der Waals surface area contributed by atoms with Gasteiger partial charge in [0.2, 0.25) is 0 Å². The van der Waals surface area contributed by atoms with E-state index in [-0.39, 0.29) is 6.54 Å². The van der Waals surface area contributed by atoms with Crippen LogP contribution in [0, 0.1) is 0 Å². The number of aliphatic hydroxyl groups is 1. The van der Waals surface area contributed by atoms with Gasteiger partial charge in [-0.3, -0.25) is 4.40 Å². The first kappa shape index (κ1) is 9.19. The average Bonchev–Trinajstić information content (AvgIpc) is 2.92. The van der Waals surface area contributed by atoms with Crippen LogP contribution in [0.5, 0.6) is 0 Å². The fraction of sp³-hybridized carbons (Fsp3) is 0.250. The number of hydrogen-bond donors (Lipinski definition) is 3. The zero-order valence-corrected chi connectivity index (χ0v) is 8.20. The van der Waals surface area contributed by atoms with Crippen molar-refractivity contribution in [3.63, 3.8) is 0 Å². The molecule has 16 heavy (non-hydrogen) atoms. The molecule has 3 rings (SSSR count). The van der Waals surface area contributed by atoms with Gasteiger partial charge in [-0.15, -0.1) is 10.2 Å². The van der Waals surface area contributed by atoms with E-state index in [0.29, 0.717) is 22.6 Å². The standard InChI is InChI=1S/C8H9N7O/c9-1-4(16)7-13-14-8-5-6(11-2-10-5)12-3-15(7)8/h2-4,16H,1,9H2,(H,10,11). The average molecular weight is 219 g/mol. The predicted molar refractivity (Wildman–Crippen MR) is 54.4 cm³/mol. The van der Waals surface area contributed by atoms with E-state index < -0.39 is 6.10 Å². The lowest BCUT2D eigenvalue weighted by molar-refractivity contribution is 0.175. The van der Waals surface area contributed by atoms with Crippen LogP contribution in [0.15, 0.2) is 12.7 Å². The zero-order valence-electron chi connectivity index (χ0n) is 8.20. The van der Waals surface area contributed by atoms with Crippen LogP contribution >= 0.6 is 0 Å². The first-order chi connectivity index (χ1) is 7.81. The molecule has 3 aromatic rings. The van der Waals surface area contributed by atoms with Gasteiger partial charge in [-0.1, -0.05) is 0 Å². The molecule has 1 atom stereocenters. The molecule has 0 bridgehead atoms. The number of nitrogens with two attached hydrogens (primary N) is 1. The Hall–Kier alpha value is -2.06. The van der Waals surface area contributed by atoms with E-state index in [0.717, 1.165) is 0 Å². The van der Waals surface area contributed by atoms with Crippen LogP contribution < -0.4 is 5.73 Å². The molecule has 8 nitrogen and oxygen atoms in total. The van der Waals surface area contributed by atoms with Crippen LogP contribution in [-0.4, -0.2) is 41.2 Å². The van der Waals surface area contributed by atoms with Gasteiger partial charge in [0.05, 0.1) is 6.33 Å². The number of fused-ring (bicyclic) bond motifs is 3. The second kappa shape index (κ2) is 3.22. The predicted octanol–water partition coefficient (Wildman–Crippen LogP) is -1.01. The summed E-state index contributed by atoms with van der Waals surface area (Å²) in [5.74, 6) is 0.376. The van der Waals surface area contributed by atoms with Crippen molar-refractivity contribution in [2.45, 2.75) is 6.10 Å². The topological polar surface area (TPSA) is 118 Å². The van der Waals surface area contributed by atoms with E-state index in [1.54, 1.807) is 4.40 Å². The van der Waals surface area contributed by atoms with E-state index in [1.165, 1.54) is 12.7 Å². The van der Waals surface area contributed by atoms with Crippen LogP contribution in [0.1, 0.15) is 11.9 Å². The molecule has 0 aliphatic heterocycles. The first-order valence-electron chi connectivity index (χ1n) is 4.72. The Balaban J connectivity index is 2.34. The van der Waals surface area contributed by atoms with Crippen molar-refractivity contribution in [1.82, 2.24) is 29.5 Å². The van der Waals surface area contributed by atoms with Gasteiger partial charge in [-0.25, -0.2) is 9.97 Å². The maximum absolute atomic E-state index is 9.64. The second-order valence-corrected chi connectivity index (χ2v) is 3.35. The molecule has 0 amide bonds. The number of nitrogens with one attached hydrogen (secondary N) is 1. The maximum Gasteiger partial charge on any atom is 0.189 e. The number of imidazole rings is 1. The lowest BCUT2D eigenvalue weighted by atomic mass is 10.3. The fourth-order valence-electron chi connectivity index (χ4n) is 1.58. The van der Waals surface area contributed by atoms with Gasteiger partial charge in [0.25, 0.3) is 0 Å². The van der Waals surface area contributed by atoms with Crippen LogP contribution in [0.4, 0.5) is 0 Å². The van der Waals surface area contributed by atoms with E-state index >= 15 is 0 Å². The summed E-state index contributed by atoms with van der Waals surface area (Å²) in [6.07, 6.45) is 2.20. The van der Waals surface area contributed by atoms with E-state index in [2.05, 4.69) is 25.1 Å². The Morgan fingerprint density at radius 3 is 3.12 bits per heavy atom. The number of hydrogen-bond acceptors (Lipinski definition) is 6. The number of nitrogens with zero attached hydrogens (tertiary/aromatic N) is 5. The normalized spacial score (nSPS) is 13.6. The van der Waals surface area contributed by atoms with E-state index in [4.69, 9.17) is 5.73 Å². The molecule has 0 fully saturated rings. The lowest BCUT2D eigenvalue weighted by Crippen LogP contribution is -2.14. The summed E-state index contributed by atoms with van der Waals surface area (Å²) in [5.41, 5.74) is 7.20. The van der Waals surface area contributed by atoms with Crippen molar-refractivity contribution in [2.75, 3.05) is 6.54 Å². The van der Waals surface area contributed by atoms with Gasteiger partial charge in [-0.05, 0) is 0 Å². The molecule has 0 aromatic carbocycles. The Labute approximate surface area is 89.2 Å². The van der Waals surface area contributed by atoms with Gasteiger partial charge in [0.15, 0.2) is 17.1 Å². The molecule has 0 radical (unpaired) electrons. The van der Waals surface area contributed by atoms with Gasteiger partial charge < -0.3 is 15.8 Å². The van der Waals surface area contributed by atoms with Gasteiger partial charge >= 0.3 is 0 Å². The SMILES string of the molecule is NCC(O)c1nnc2c3[nH]cnc3ncn12.